The van der Waals surface area contributed by atoms with Gasteiger partial charge in [0.05, 0.1) is 6.54 Å². The fraction of sp³-hybridized carbons (Fsp3) is 0.176. The Hall–Kier alpha value is -3.83. The zero-order valence-corrected chi connectivity index (χ0v) is 14.9. The van der Waals surface area contributed by atoms with E-state index in [-0.39, 0.29) is 22.9 Å². The van der Waals surface area contributed by atoms with Gasteiger partial charge in [-0.3, -0.25) is 0 Å². The lowest BCUT2D eigenvalue weighted by atomic mass is 10.1. The first-order valence-electron chi connectivity index (χ1n) is 8.26. The molecule has 3 heterocycles. The number of fused-ring (bicyclic) bond motifs is 1. The molecule has 1 aromatic carbocycles. The molecule has 4 rings (SSSR count). The van der Waals surface area contributed by atoms with Crippen molar-refractivity contribution in [2.45, 2.75) is 19.8 Å². The van der Waals surface area contributed by atoms with Crippen molar-refractivity contribution in [2.75, 3.05) is 11.5 Å². The van der Waals surface area contributed by atoms with Crippen LogP contribution in [0.4, 0.5) is 24.8 Å². The van der Waals surface area contributed by atoms with E-state index in [4.69, 9.17) is 15.9 Å². The van der Waals surface area contributed by atoms with Gasteiger partial charge in [0.15, 0.2) is 22.7 Å². The van der Waals surface area contributed by atoms with E-state index in [2.05, 4.69) is 25.0 Å². The number of benzene rings is 1. The molecular weight excluding hydrogens is 391 g/mol. The van der Waals surface area contributed by atoms with Crippen LogP contribution in [0.3, 0.4) is 0 Å². The van der Waals surface area contributed by atoms with E-state index in [1.165, 1.54) is 4.68 Å². The van der Waals surface area contributed by atoms with E-state index in [1.54, 1.807) is 6.07 Å². The molecule has 0 atom stereocenters. The normalized spacial score (nSPS) is 11.9. The minimum absolute atomic E-state index is 0.0151. The average molecular weight is 405 g/mol. The Morgan fingerprint density at radius 2 is 1.97 bits per heavy atom. The van der Waals surface area contributed by atoms with E-state index in [1.807, 2.05) is 19.1 Å². The molecule has 0 saturated heterocycles. The summed E-state index contributed by atoms with van der Waals surface area (Å²) >= 11 is 0. The highest BCUT2D eigenvalue weighted by molar-refractivity contribution is 5.86. The number of nitrogen functional groups attached to an aromatic ring is 2. The zero-order chi connectivity index (χ0) is 20.8. The highest BCUT2D eigenvalue weighted by Crippen LogP contribution is 2.32. The number of aryl methyl sites for hydroxylation is 1. The molecule has 0 aliphatic carbocycles. The first kappa shape index (κ1) is 18.5. The molecule has 0 fully saturated rings. The minimum Gasteiger partial charge on any atom is -0.459 e. The van der Waals surface area contributed by atoms with Crippen molar-refractivity contribution < 1.29 is 22.3 Å². The van der Waals surface area contributed by atoms with Gasteiger partial charge in [-0.1, -0.05) is 17.3 Å². The SMILES string of the molecule is Cc1cc(Cn2nnc3c(-c4cc(OC(F)(F)F)co4)nc(N)nc32)ccc1N. The summed E-state index contributed by atoms with van der Waals surface area (Å²) in [5, 5.41) is 8.10. The topological polar surface area (TPSA) is 131 Å². The molecule has 150 valence electrons. The van der Waals surface area contributed by atoms with Crippen LogP contribution in [0.1, 0.15) is 11.1 Å². The number of furan rings is 1. The highest BCUT2D eigenvalue weighted by Gasteiger charge is 2.32. The Morgan fingerprint density at radius 3 is 2.69 bits per heavy atom. The summed E-state index contributed by atoms with van der Waals surface area (Å²) < 4.78 is 47.7. The van der Waals surface area contributed by atoms with E-state index in [9.17, 15) is 13.2 Å². The maximum atomic E-state index is 12.4. The Bertz CT molecular complexity index is 1200. The van der Waals surface area contributed by atoms with Gasteiger partial charge in [0.1, 0.15) is 12.0 Å². The van der Waals surface area contributed by atoms with Crippen molar-refractivity contribution in [3.8, 4) is 17.2 Å². The van der Waals surface area contributed by atoms with Crippen molar-refractivity contribution >= 4 is 22.8 Å². The van der Waals surface area contributed by atoms with Gasteiger partial charge < -0.3 is 20.6 Å². The lowest BCUT2D eigenvalue weighted by Gasteiger charge is -2.06. The molecule has 29 heavy (non-hydrogen) atoms. The van der Waals surface area contributed by atoms with Crippen molar-refractivity contribution in [3.63, 3.8) is 0 Å². The third kappa shape index (κ3) is 3.77. The first-order chi connectivity index (χ1) is 13.7. The number of halogens is 3. The molecule has 0 aliphatic heterocycles. The van der Waals surface area contributed by atoms with Gasteiger partial charge in [-0.25, -0.2) is 9.67 Å². The molecule has 0 bridgehead atoms. The van der Waals surface area contributed by atoms with Crippen LogP contribution in [0, 0.1) is 6.92 Å². The smallest absolute Gasteiger partial charge is 0.459 e. The summed E-state index contributed by atoms with van der Waals surface area (Å²) in [5.41, 5.74) is 14.7. The number of anilines is 2. The molecule has 3 aromatic heterocycles. The number of hydrogen-bond acceptors (Lipinski definition) is 8. The second-order valence-electron chi connectivity index (χ2n) is 6.24. The summed E-state index contributed by atoms with van der Waals surface area (Å²) in [6.07, 6.45) is -4.03. The van der Waals surface area contributed by atoms with Gasteiger partial charge >= 0.3 is 6.36 Å². The number of ether oxygens (including phenoxy) is 1. The van der Waals surface area contributed by atoms with Crippen LogP contribution < -0.4 is 16.2 Å². The molecule has 0 unspecified atom stereocenters. The zero-order valence-electron chi connectivity index (χ0n) is 14.9. The fourth-order valence-corrected chi connectivity index (χ4v) is 2.79. The van der Waals surface area contributed by atoms with E-state index < -0.39 is 12.1 Å². The number of hydrogen-bond donors (Lipinski definition) is 2. The van der Waals surface area contributed by atoms with Gasteiger partial charge in [-0.15, -0.1) is 18.3 Å². The lowest BCUT2D eigenvalue weighted by molar-refractivity contribution is -0.274. The first-order valence-corrected chi connectivity index (χ1v) is 8.26. The number of rotatable bonds is 4. The molecule has 4 N–H and O–H groups in total. The van der Waals surface area contributed by atoms with Crippen LogP contribution in [0.15, 0.2) is 34.9 Å². The maximum Gasteiger partial charge on any atom is 0.573 e. The summed E-state index contributed by atoms with van der Waals surface area (Å²) in [6.45, 7) is 2.21. The predicted octanol–water partition coefficient (Wildman–Crippen LogP) is 2.90. The lowest BCUT2D eigenvalue weighted by Crippen LogP contribution is -2.16. The largest absolute Gasteiger partial charge is 0.573 e. The van der Waals surface area contributed by atoms with Gasteiger partial charge in [0, 0.05) is 11.8 Å². The van der Waals surface area contributed by atoms with Gasteiger partial charge in [0.25, 0.3) is 0 Å². The van der Waals surface area contributed by atoms with Gasteiger partial charge in [0.2, 0.25) is 5.95 Å². The van der Waals surface area contributed by atoms with Gasteiger partial charge in [-0.05, 0) is 24.1 Å². The van der Waals surface area contributed by atoms with Crippen LogP contribution in [0.25, 0.3) is 22.6 Å². The second-order valence-corrected chi connectivity index (χ2v) is 6.24. The molecule has 0 saturated carbocycles. The van der Waals surface area contributed by atoms with Gasteiger partial charge in [-0.2, -0.15) is 4.98 Å². The minimum atomic E-state index is -4.85. The number of nitrogens with zero attached hydrogens (tertiary/aromatic N) is 5. The van der Waals surface area contributed by atoms with Crippen LogP contribution in [0.5, 0.6) is 5.75 Å². The third-order valence-corrected chi connectivity index (χ3v) is 4.09. The number of nitrogens with two attached hydrogens (primary N) is 2. The second kappa shape index (κ2) is 6.65. The fourth-order valence-electron chi connectivity index (χ4n) is 2.79. The molecule has 12 heteroatoms. The molecular formula is C17H14F3N7O2. The van der Waals surface area contributed by atoms with Crippen molar-refractivity contribution in [2.24, 2.45) is 0 Å². The monoisotopic (exact) mass is 405 g/mol. The summed E-state index contributed by atoms with van der Waals surface area (Å²) in [5.74, 6) is -0.652. The summed E-state index contributed by atoms with van der Waals surface area (Å²) in [4.78, 5) is 8.18. The van der Waals surface area contributed by atoms with E-state index in [0.29, 0.717) is 17.9 Å². The number of aromatic nitrogens is 5. The predicted molar refractivity (Wildman–Crippen MR) is 96.6 cm³/mol. The van der Waals surface area contributed by atoms with Crippen LogP contribution in [0.2, 0.25) is 0 Å². The van der Waals surface area contributed by atoms with Crippen LogP contribution in [-0.2, 0) is 6.54 Å². The molecule has 4 aromatic rings. The molecule has 9 nitrogen and oxygen atoms in total. The standard InChI is InChI=1S/C17H14F3N7O2/c1-8-4-9(2-3-11(8)21)6-27-15-14(25-26-27)13(23-16(22)24-15)12-5-10(7-28-12)29-17(18,19)20/h2-5,7H,6,21H2,1H3,(H2,22,23,24). The van der Waals surface area contributed by atoms with E-state index in [0.717, 1.165) is 23.5 Å². The third-order valence-electron chi connectivity index (χ3n) is 4.09. The van der Waals surface area contributed by atoms with Crippen LogP contribution in [-0.4, -0.2) is 31.3 Å². The summed E-state index contributed by atoms with van der Waals surface area (Å²) in [7, 11) is 0. The van der Waals surface area contributed by atoms with Crippen molar-refractivity contribution in [1.29, 1.82) is 0 Å². The van der Waals surface area contributed by atoms with E-state index >= 15 is 0 Å². The summed E-state index contributed by atoms with van der Waals surface area (Å²) in [6, 6.07) is 6.57. The average Bonchev–Trinajstić information content (AvgIpc) is 3.23. The quantitative estimate of drug-likeness (QED) is 0.496. The molecule has 0 spiro atoms. The Balaban J connectivity index is 1.73. The maximum absolute atomic E-state index is 12.4. The Labute approximate surface area is 161 Å². The van der Waals surface area contributed by atoms with Crippen molar-refractivity contribution in [1.82, 2.24) is 25.0 Å². The number of alkyl halides is 3. The van der Waals surface area contributed by atoms with Crippen LogP contribution >= 0.6 is 0 Å². The molecule has 0 radical (unpaired) electrons. The molecule has 0 amide bonds. The Kier molecular flexibility index (Phi) is 4.25. The Morgan fingerprint density at radius 1 is 1.17 bits per heavy atom. The van der Waals surface area contributed by atoms with Crippen molar-refractivity contribution in [3.05, 3.63) is 41.7 Å². The highest BCUT2D eigenvalue weighted by atomic mass is 19.4. The molecule has 0 aliphatic rings.